The van der Waals surface area contributed by atoms with Gasteiger partial charge in [0.1, 0.15) is 44.7 Å². The first-order chi connectivity index (χ1) is 21.5. The van der Waals surface area contributed by atoms with Gasteiger partial charge >= 0.3 is 5.91 Å². The van der Waals surface area contributed by atoms with Crippen LogP contribution in [0.3, 0.4) is 0 Å². The number of hydrogen-bond donors (Lipinski definition) is 0. The molecule has 0 N–H and O–H groups in total. The van der Waals surface area contributed by atoms with Crippen molar-refractivity contribution < 1.29 is 23.7 Å². The SMILES string of the molecule is C=CCOc1ccccc1OCCN1CCC([N+](CCOc2ccccc2OCC=C)(C(=O)CC)c2ccccc2)CC1Br. The molecule has 3 aromatic carbocycles. The fraction of sp³-hybridized carbons (Fsp3) is 0.361. The molecule has 0 bridgehead atoms. The van der Waals surface area contributed by atoms with Crippen molar-refractivity contribution in [3.63, 3.8) is 0 Å². The van der Waals surface area contributed by atoms with Crippen molar-refractivity contribution >= 4 is 27.5 Å². The average molecular weight is 665 g/mol. The average Bonchev–Trinajstić information content (AvgIpc) is 3.06. The Kier molecular flexibility index (Phi) is 12.9. The first-order valence-corrected chi connectivity index (χ1v) is 16.2. The molecule has 0 aliphatic carbocycles. The highest BCUT2D eigenvalue weighted by atomic mass is 79.9. The highest BCUT2D eigenvalue weighted by Gasteiger charge is 2.48. The minimum atomic E-state index is 0.0790. The summed E-state index contributed by atoms with van der Waals surface area (Å²) in [5.74, 6) is 2.95. The molecule has 1 amide bonds. The van der Waals surface area contributed by atoms with E-state index >= 15 is 0 Å². The van der Waals surface area contributed by atoms with Gasteiger partial charge in [-0.25, -0.2) is 9.28 Å². The second-order valence-corrected chi connectivity index (χ2v) is 11.7. The van der Waals surface area contributed by atoms with Gasteiger partial charge in [-0.15, -0.1) is 0 Å². The van der Waals surface area contributed by atoms with Crippen molar-refractivity contribution in [2.45, 2.75) is 37.2 Å². The summed E-state index contributed by atoms with van der Waals surface area (Å²) in [6.45, 7) is 13.2. The first kappa shape index (κ1) is 33.3. The third-order valence-corrected chi connectivity index (χ3v) is 8.90. The Morgan fingerprint density at radius 3 is 1.89 bits per heavy atom. The van der Waals surface area contributed by atoms with Gasteiger partial charge in [-0.3, -0.25) is 4.90 Å². The molecule has 44 heavy (non-hydrogen) atoms. The maximum absolute atomic E-state index is 14.0. The number of piperidine rings is 1. The second-order valence-electron chi connectivity index (χ2n) is 10.6. The maximum atomic E-state index is 14.0. The normalized spacial score (nSPS) is 18.0. The van der Waals surface area contributed by atoms with Crippen LogP contribution < -0.4 is 23.4 Å². The number of rotatable bonds is 17. The van der Waals surface area contributed by atoms with Gasteiger partial charge in [-0.1, -0.05) is 90.6 Å². The number of nitrogens with zero attached hydrogens (tertiary/aromatic N) is 2. The molecule has 1 saturated heterocycles. The van der Waals surface area contributed by atoms with Gasteiger partial charge in [0.05, 0.1) is 11.4 Å². The van der Waals surface area contributed by atoms with Gasteiger partial charge in [0.2, 0.25) is 0 Å². The largest absolute Gasteiger partial charge is 0.488 e. The zero-order valence-corrected chi connectivity index (χ0v) is 27.2. The first-order valence-electron chi connectivity index (χ1n) is 15.3. The molecule has 1 aliphatic heterocycles. The van der Waals surface area contributed by atoms with Crippen LogP contribution in [0.25, 0.3) is 0 Å². The zero-order valence-electron chi connectivity index (χ0n) is 25.6. The minimum absolute atomic E-state index is 0.0790. The number of amides is 1. The lowest BCUT2D eigenvalue weighted by atomic mass is 9.97. The topological polar surface area (TPSA) is 57.2 Å². The lowest BCUT2D eigenvalue weighted by Crippen LogP contribution is -2.65. The fourth-order valence-electron chi connectivity index (χ4n) is 5.82. The predicted molar refractivity (Wildman–Crippen MR) is 181 cm³/mol. The molecule has 3 unspecified atom stereocenters. The van der Waals surface area contributed by atoms with Crippen LogP contribution in [0, 0.1) is 0 Å². The molecule has 0 radical (unpaired) electrons. The van der Waals surface area contributed by atoms with E-state index in [0.29, 0.717) is 56.6 Å². The summed E-state index contributed by atoms with van der Waals surface area (Å²) in [6.07, 6.45) is 5.53. The molecule has 1 fully saturated rings. The molecule has 0 spiro atoms. The van der Waals surface area contributed by atoms with Crippen LogP contribution in [0.5, 0.6) is 23.0 Å². The lowest BCUT2D eigenvalue weighted by molar-refractivity contribution is -0.133. The standard InChI is InChI=1S/C36H44BrN2O5/c1-4-24-41-31-16-10-12-18-33(31)43-26-22-38-21-20-30(28-35(38)37)39(36(40)6-3,29-14-8-7-9-15-29)23-27-44-34-19-13-11-17-32(34)42-25-5-2/h4-5,7-19,30,35H,1-2,6,20-28H2,3H3/q+1. The molecule has 8 heteroatoms. The molecular weight excluding hydrogens is 620 g/mol. The van der Waals surface area contributed by atoms with Crippen LogP contribution >= 0.6 is 15.9 Å². The van der Waals surface area contributed by atoms with E-state index in [9.17, 15) is 4.79 Å². The number of benzene rings is 3. The summed E-state index contributed by atoms with van der Waals surface area (Å²) in [5.41, 5.74) is 0.997. The fourth-order valence-corrected chi connectivity index (χ4v) is 6.66. The molecule has 3 aromatic rings. The van der Waals surface area contributed by atoms with Gasteiger partial charge in [-0.2, -0.15) is 0 Å². The number of ether oxygens (including phenoxy) is 4. The minimum Gasteiger partial charge on any atom is -0.488 e. The van der Waals surface area contributed by atoms with E-state index in [4.69, 9.17) is 18.9 Å². The number of carbonyl (C=O) groups excluding carboxylic acids is 1. The van der Waals surface area contributed by atoms with Crippen LogP contribution in [-0.2, 0) is 4.79 Å². The molecule has 234 valence electrons. The molecule has 7 nitrogen and oxygen atoms in total. The summed E-state index contributed by atoms with van der Waals surface area (Å²) in [5, 5.41) is 0. The number of quaternary nitrogens is 1. The van der Waals surface area contributed by atoms with Crippen molar-refractivity contribution in [3.05, 3.63) is 104 Å². The van der Waals surface area contributed by atoms with Gasteiger partial charge in [0, 0.05) is 25.9 Å². The van der Waals surface area contributed by atoms with Crippen molar-refractivity contribution in [2.24, 2.45) is 0 Å². The summed E-state index contributed by atoms with van der Waals surface area (Å²) in [6, 6.07) is 25.6. The number of alkyl halides is 1. The Hall–Kier alpha value is -3.59. The number of likely N-dealkylation sites (tertiary alicyclic amines) is 1. The molecule has 3 atom stereocenters. The van der Waals surface area contributed by atoms with E-state index < -0.39 is 0 Å². The van der Waals surface area contributed by atoms with E-state index in [-0.39, 0.29) is 21.4 Å². The van der Waals surface area contributed by atoms with Crippen LogP contribution in [0.15, 0.2) is 104 Å². The van der Waals surface area contributed by atoms with E-state index in [0.717, 1.165) is 37.4 Å². The molecule has 1 heterocycles. The number of para-hydroxylation sites is 5. The Labute approximate surface area is 270 Å². The third kappa shape index (κ3) is 8.31. The molecular formula is C36H44BrN2O5+. The summed E-state index contributed by atoms with van der Waals surface area (Å²) >= 11 is 3.96. The number of halogens is 1. The summed E-state index contributed by atoms with van der Waals surface area (Å²) in [7, 11) is 0. The Morgan fingerprint density at radius 1 is 0.841 bits per heavy atom. The van der Waals surface area contributed by atoms with Gasteiger partial charge < -0.3 is 18.9 Å². The summed E-state index contributed by atoms with van der Waals surface area (Å²) in [4.78, 5) is 16.5. The van der Waals surface area contributed by atoms with Crippen LogP contribution in [0.2, 0.25) is 0 Å². The monoisotopic (exact) mass is 663 g/mol. The molecule has 0 saturated carbocycles. The maximum Gasteiger partial charge on any atom is 0.318 e. The second kappa shape index (κ2) is 17.0. The number of hydrogen-bond acceptors (Lipinski definition) is 6. The van der Waals surface area contributed by atoms with Gasteiger partial charge in [-0.05, 0) is 36.4 Å². The third-order valence-electron chi connectivity index (χ3n) is 7.95. The van der Waals surface area contributed by atoms with Crippen LogP contribution in [-0.4, -0.2) is 67.9 Å². The molecule has 1 aliphatic rings. The smallest absolute Gasteiger partial charge is 0.318 e. The van der Waals surface area contributed by atoms with Crippen LogP contribution in [0.1, 0.15) is 26.2 Å². The van der Waals surface area contributed by atoms with Crippen LogP contribution in [0.4, 0.5) is 5.69 Å². The van der Waals surface area contributed by atoms with Crippen molar-refractivity contribution in [1.29, 1.82) is 0 Å². The van der Waals surface area contributed by atoms with E-state index in [1.807, 2.05) is 73.7 Å². The van der Waals surface area contributed by atoms with E-state index in [2.05, 4.69) is 46.1 Å². The zero-order chi connectivity index (χ0) is 31.2. The quantitative estimate of drug-likeness (QED) is 0.0649. The predicted octanol–water partition coefficient (Wildman–Crippen LogP) is 7.40. The lowest BCUT2D eigenvalue weighted by Gasteiger charge is -2.46. The number of carbonyl (C=O) groups is 1. The molecule has 4 rings (SSSR count). The Balaban J connectivity index is 1.47. The van der Waals surface area contributed by atoms with Crippen molar-refractivity contribution in [1.82, 2.24) is 9.38 Å². The van der Waals surface area contributed by atoms with Gasteiger partial charge in [0.25, 0.3) is 0 Å². The van der Waals surface area contributed by atoms with E-state index in [1.54, 1.807) is 12.2 Å². The van der Waals surface area contributed by atoms with Gasteiger partial charge in [0.15, 0.2) is 23.0 Å². The highest BCUT2D eigenvalue weighted by molar-refractivity contribution is 9.09. The van der Waals surface area contributed by atoms with E-state index in [1.165, 1.54) is 0 Å². The Bertz CT molecular complexity index is 1350. The molecule has 0 aromatic heterocycles. The summed E-state index contributed by atoms with van der Waals surface area (Å²) < 4.78 is 24.2. The van der Waals surface area contributed by atoms with Crippen molar-refractivity contribution in [3.8, 4) is 23.0 Å². The van der Waals surface area contributed by atoms with Crippen molar-refractivity contribution in [2.75, 3.05) is 46.1 Å². The Morgan fingerprint density at radius 2 is 1.36 bits per heavy atom. The highest BCUT2D eigenvalue weighted by Crippen LogP contribution is 2.37.